The lowest BCUT2D eigenvalue weighted by atomic mass is 10.1. The first kappa shape index (κ1) is 16.3. The number of ether oxygens (including phenoxy) is 2. The number of methoxy groups -OCH3 is 1. The molecule has 0 amide bonds. The Morgan fingerprint density at radius 1 is 1.33 bits per heavy atom. The first-order valence-corrected chi connectivity index (χ1v) is 8.69. The number of benzene rings is 1. The summed E-state index contributed by atoms with van der Waals surface area (Å²) in [5.41, 5.74) is 1.38. The Morgan fingerprint density at radius 3 is 2.52 bits per heavy atom. The van der Waals surface area contributed by atoms with Crippen LogP contribution in [0.2, 0.25) is 0 Å². The molecule has 1 aromatic rings. The largest absolute Gasteiger partial charge is 0.497 e. The number of hydrogen-bond donors (Lipinski definition) is 1. The predicted octanol–water partition coefficient (Wildman–Crippen LogP) is 2.16. The van der Waals surface area contributed by atoms with E-state index in [1.807, 2.05) is 0 Å². The maximum absolute atomic E-state index is 12.5. The van der Waals surface area contributed by atoms with Gasteiger partial charge in [-0.3, -0.25) is 0 Å². The van der Waals surface area contributed by atoms with Crippen molar-refractivity contribution in [3.8, 4) is 5.75 Å². The van der Waals surface area contributed by atoms with Gasteiger partial charge in [-0.25, -0.2) is 13.1 Å². The summed E-state index contributed by atoms with van der Waals surface area (Å²) in [7, 11) is -1.93. The summed E-state index contributed by atoms with van der Waals surface area (Å²) in [5, 5.41) is 0. The molecular weight excluding hydrogens is 290 g/mol. The van der Waals surface area contributed by atoms with Gasteiger partial charge < -0.3 is 9.47 Å². The Kier molecular flexibility index (Phi) is 5.24. The summed E-state index contributed by atoms with van der Waals surface area (Å²) in [6.07, 6.45) is 2.98. The van der Waals surface area contributed by atoms with Gasteiger partial charge in [-0.05, 0) is 56.4 Å². The molecule has 2 rings (SSSR count). The van der Waals surface area contributed by atoms with Crippen LogP contribution in [0.4, 0.5) is 0 Å². The summed E-state index contributed by atoms with van der Waals surface area (Å²) >= 11 is 0. The van der Waals surface area contributed by atoms with Crippen LogP contribution >= 0.6 is 0 Å². The van der Waals surface area contributed by atoms with Gasteiger partial charge in [-0.15, -0.1) is 0 Å². The molecule has 0 bridgehead atoms. The summed E-state index contributed by atoms with van der Waals surface area (Å²) in [6.45, 7) is 4.75. The van der Waals surface area contributed by atoms with E-state index >= 15 is 0 Å². The van der Waals surface area contributed by atoms with Crippen molar-refractivity contribution in [2.24, 2.45) is 0 Å². The van der Waals surface area contributed by atoms with Crippen molar-refractivity contribution in [3.63, 3.8) is 0 Å². The van der Waals surface area contributed by atoms with Gasteiger partial charge in [-0.2, -0.15) is 0 Å². The van der Waals surface area contributed by atoms with Crippen molar-refractivity contribution in [1.82, 2.24) is 4.72 Å². The van der Waals surface area contributed by atoms with E-state index in [0.29, 0.717) is 34.7 Å². The van der Waals surface area contributed by atoms with Crippen molar-refractivity contribution in [2.45, 2.75) is 44.1 Å². The topological polar surface area (TPSA) is 64.6 Å². The van der Waals surface area contributed by atoms with Crippen molar-refractivity contribution in [2.75, 3.05) is 20.3 Å². The number of nitrogens with one attached hydrogen (secondary N) is 1. The van der Waals surface area contributed by atoms with Gasteiger partial charge in [0.25, 0.3) is 0 Å². The molecule has 1 atom stereocenters. The van der Waals surface area contributed by atoms with E-state index < -0.39 is 10.0 Å². The van der Waals surface area contributed by atoms with E-state index in [2.05, 4.69) is 4.72 Å². The van der Waals surface area contributed by atoms with Crippen LogP contribution in [0, 0.1) is 13.8 Å². The monoisotopic (exact) mass is 313 g/mol. The summed E-state index contributed by atoms with van der Waals surface area (Å²) < 4.78 is 38.2. The van der Waals surface area contributed by atoms with Crippen LogP contribution in [0.25, 0.3) is 0 Å². The van der Waals surface area contributed by atoms with Crippen LogP contribution in [0.3, 0.4) is 0 Å². The van der Waals surface area contributed by atoms with Gasteiger partial charge in [0.05, 0.1) is 18.1 Å². The fourth-order valence-corrected chi connectivity index (χ4v) is 4.25. The highest BCUT2D eigenvalue weighted by molar-refractivity contribution is 7.89. The van der Waals surface area contributed by atoms with E-state index in [1.165, 1.54) is 0 Å². The van der Waals surface area contributed by atoms with Gasteiger partial charge in [0.1, 0.15) is 5.75 Å². The smallest absolute Gasteiger partial charge is 0.241 e. The number of sulfonamides is 1. The molecule has 5 nitrogen and oxygen atoms in total. The minimum absolute atomic E-state index is 0.186. The van der Waals surface area contributed by atoms with Crippen molar-refractivity contribution >= 4 is 10.0 Å². The second kappa shape index (κ2) is 6.77. The Morgan fingerprint density at radius 2 is 2.00 bits per heavy atom. The highest BCUT2D eigenvalue weighted by atomic mass is 32.2. The van der Waals surface area contributed by atoms with E-state index in [4.69, 9.17) is 9.47 Å². The normalized spacial score (nSPS) is 18.9. The lowest BCUT2D eigenvalue weighted by Crippen LogP contribution is -2.28. The van der Waals surface area contributed by atoms with Gasteiger partial charge in [0.2, 0.25) is 10.0 Å². The average molecular weight is 313 g/mol. The second-order valence-electron chi connectivity index (χ2n) is 5.41. The molecule has 0 spiro atoms. The Hall–Kier alpha value is -1.11. The third-order valence-electron chi connectivity index (χ3n) is 3.72. The molecule has 1 aliphatic rings. The maximum Gasteiger partial charge on any atom is 0.241 e. The van der Waals surface area contributed by atoms with Crippen LogP contribution < -0.4 is 9.46 Å². The Bertz CT molecular complexity index is 569. The predicted molar refractivity (Wildman–Crippen MR) is 81.2 cm³/mol. The van der Waals surface area contributed by atoms with Crippen molar-refractivity contribution in [1.29, 1.82) is 0 Å². The number of aryl methyl sites for hydroxylation is 2. The molecule has 0 aromatic heterocycles. The summed E-state index contributed by atoms with van der Waals surface area (Å²) in [6, 6.07) is 3.48. The Balaban J connectivity index is 2.08. The molecule has 0 saturated carbocycles. The van der Waals surface area contributed by atoms with Crippen molar-refractivity contribution in [3.05, 3.63) is 23.3 Å². The fraction of sp³-hybridized carbons (Fsp3) is 0.600. The standard InChI is InChI=1S/C15H23NO4S/c1-11-9-14(19-3)10-12(2)15(11)21(17,18)16-7-6-13-5-4-8-20-13/h9-10,13,16H,4-8H2,1-3H3. The maximum atomic E-state index is 12.5. The third-order valence-corrected chi connectivity index (χ3v) is 5.49. The highest BCUT2D eigenvalue weighted by Crippen LogP contribution is 2.25. The molecule has 1 fully saturated rings. The molecule has 1 N–H and O–H groups in total. The molecule has 6 heteroatoms. The molecule has 0 aliphatic carbocycles. The fourth-order valence-electron chi connectivity index (χ4n) is 2.75. The van der Waals surface area contributed by atoms with E-state index in [-0.39, 0.29) is 6.10 Å². The summed E-state index contributed by atoms with van der Waals surface area (Å²) in [4.78, 5) is 0.343. The van der Waals surface area contributed by atoms with E-state index in [1.54, 1.807) is 33.1 Å². The minimum Gasteiger partial charge on any atom is -0.497 e. The van der Waals surface area contributed by atoms with Crippen LogP contribution in [0.5, 0.6) is 5.75 Å². The molecule has 0 radical (unpaired) electrons. The van der Waals surface area contributed by atoms with E-state index in [0.717, 1.165) is 19.4 Å². The lowest BCUT2D eigenvalue weighted by molar-refractivity contribution is 0.105. The van der Waals surface area contributed by atoms with Crippen molar-refractivity contribution < 1.29 is 17.9 Å². The zero-order valence-corrected chi connectivity index (χ0v) is 13.6. The zero-order valence-electron chi connectivity index (χ0n) is 12.8. The lowest BCUT2D eigenvalue weighted by Gasteiger charge is -2.15. The first-order chi connectivity index (χ1) is 9.94. The van der Waals surface area contributed by atoms with Gasteiger partial charge in [0, 0.05) is 13.2 Å². The first-order valence-electron chi connectivity index (χ1n) is 7.20. The molecule has 1 saturated heterocycles. The van der Waals surface area contributed by atoms with Crippen LogP contribution in [0.1, 0.15) is 30.4 Å². The molecule has 1 aliphatic heterocycles. The molecule has 21 heavy (non-hydrogen) atoms. The molecule has 118 valence electrons. The highest BCUT2D eigenvalue weighted by Gasteiger charge is 2.21. The SMILES string of the molecule is COc1cc(C)c(S(=O)(=O)NCCC2CCCO2)c(C)c1. The molecule has 1 unspecified atom stereocenters. The summed E-state index contributed by atoms with van der Waals surface area (Å²) in [5.74, 6) is 0.670. The van der Waals surface area contributed by atoms with Crippen LogP contribution in [-0.4, -0.2) is 34.8 Å². The van der Waals surface area contributed by atoms with Crippen LogP contribution in [-0.2, 0) is 14.8 Å². The molecule has 1 heterocycles. The second-order valence-corrected chi connectivity index (χ2v) is 7.12. The van der Waals surface area contributed by atoms with Gasteiger partial charge in [0.15, 0.2) is 0 Å². The Labute approximate surface area is 126 Å². The third kappa shape index (κ3) is 3.96. The van der Waals surface area contributed by atoms with E-state index in [9.17, 15) is 8.42 Å². The molecule has 1 aromatic carbocycles. The minimum atomic E-state index is -3.50. The molecular formula is C15H23NO4S. The van der Waals surface area contributed by atoms with Crippen LogP contribution in [0.15, 0.2) is 17.0 Å². The number of hydrogen-bond acceptors (Lipinski definition) is 4. The average Bonchev–Trinajstić information content (AvgIpc) is 2.90. The van der Waals surface area contributed by atoms with Gasteiger partial charge >= 0.3 is 0 Å². The number of rotatable bonds is 6. The van der Waals surface area contributed by atoms with Gasteiger partial charge in [-0.1, -0.05) is 0 Å². The quantitative estimate of drug-likeness (QED) is 0.874. The zero-order chi connectivity index (χ0) is 15.5.